The molecule has 2 aromatic rings. The van der Waals surface area contributed by atoms with Crippen LogP contribution < -0.4 is 5.32 Å². The molecular weight excluding hydrogens is 371 g/mol. The third-order valence-corrected chi connectivity index (χ3v) is 4.44. The van der Waals surface area contributed by atoms with Gasteiger partial charge in [0.15, 0.2) is 0 Å². The van der Waals surface area contributed by atoms with E-state index in [1.807, 2.05) is 0 Å². The lowest BCUT2D eigenvalue weighted by molar-refractivity contribution is 0.574. The maximum atomic E-state index is 14.1. The van der Waals surface area contributed by atoms with Crippen LogP contribution in [0.4, 0.5) is 8.78 Å². The van der Waals surface area contributed by atoms with Gasteiger partial charge in [-0.15, -0.1) is 0 Å². The minimum atomic E-state index is -0.520. The molecular formula is C14H10BrCl2F2N. The molecule has 1 unspecified atom stereocenters. The summed E-state index contributed by atoms with van der Waals surface area (Å²) in [5.41, 5.74) is 0.919. The molecule has 1 N–H and O–H groups in total. The van der Waals surface area contributed by atoms with Crippen LogP contribution in [-0.2, 0) is 0 Å². The van der Waals surface area contributed by atoms with Crippen molar-refractivity contribution in [3.05, 3.63) is 67.6 Å². The molecule has 2 aromatic carbocycles. The van der Waals surface area contributed by atoms with Crippen molar-refractivity contribution in [3.8, 4) is 0 Å². The summed E-state index contributed by atoms with van der Waals surface area (Å²) in [6.45, 7) is 0. The highest BCUT2D eigenvalue weighted by Crippen LogP contribution is 2.34. The molecule has 0 aliphatic heterocycles. The van der Waals surface area contributed by atoms with Crippen LogP contribution in [0.1, 0.15) is 17.2 Å². The first-order valence-corrected chi connectivity index (χ1v) is 7.25. The maximum Gasteiger partial charge on any atom is 0.129 e. The van der Waals surface area contributed by atoms with E-state index in [1.54, 1.807) is 7.05 Å². The molecule has 1 atom stereocenters. The Balaban J connectivity index is 2.55. The van der Waals surface area contributed by atoms with Crippen molar-refractivity contribution >= 4 is 39.1 Å². The molecule has 0 bridgehead atoms. The van der Waals surface area contributed by atoms with Crippen molar-refractivity contribution in [3.63, 3.8) is 0 Å². The fraction of sp³-hybridized carbons (Fsp3) is 0.143. The molecule has 0 saturated heterocycles. The quantitative estimate of drug-likeness (QED) is 0.708. The van der Waals surface area contributed by atoms with Gasteiger partial charge in [-0.2, -0.15) is 0 Å². The minimum Gasteiger partial charge on any atom is -0.309 e. The largest absolute Gasteiger partial charge is 0.309 e. The molecule has 2 rings (SSSR count). The molecule has 0 radical (unpaired) electrons. The summed E-state index contributed by atoms with van der Waals surface area (Å²) in [6.07, 6.45) is 0. The zero-order valence-corrected chi connectivity index (χ0v) is 13.5. The third-order valence-electron chi connectivity index (χ3n) is 2.91. The number of hydrogen-bond donors (Lipinski definition) is 1. The molecule has 20 heavy (non-hydrogen) atoms. The Morgan fingerprint density at radius 2 is 1.75 bits per heavy atom. The summed E-state index contributed by atoms with van der Waals surface area (Å²) in [7, 11) is 1.67. The summed E-state index contributed by atoms with van der Waals surface area (Å²) in [5.74, 6) is -0.871. The van der Waals surface area contributed by atoms with Gasteiger partial charge in [0.25, 0.3) is 0 Å². The average molecular weight is 381 g/mol. The van der Waals surface area contributed by atoms with Crippen molar-refractivity contribution in [1.29, 1.82) is 0 Å². The van der Waals surface area contributed by atoms with Gasteiger partial charge in [0, 0.05) is 15.1 Å². The summed E-state index contributed by atoms with van der Waals surface area (Å²) < 4.78 is 27.7. The molecule has 0 aromatic heterocycles. The van der Waals surface area contributed by atoms with Gasteiger partial charge >= 0.3 is 0 Å². The second-order valence-electron chi connectivity index (χ2n) is 4.18. The first-order chi connectivity index (χ1) is 9.43. The van der Waals surface area contributed by atoms with E-state index < -0.39 is 17.7 Å². The number of nitrogens with one attached hydrogen (secondary N) is 1. The normalized spacial score (nSPS) is 12.5. The van der Waals surface area contributed by atoms with E-state index in [-0.39, 0.29) is 5.02 Å². The van der Waals surface area contributed by atoms with Crippen LogP contribution in [0.15, 0.2) is 34.8 Å². The molecule has 106 valence electrons. The lowest BCUT2D eigenvalue weighted by Crippen LogP contribution is -2.19. The third kappa shape index (κ3) is 3.14. The second-order valence-corrected chi connectivity index (χ2v) is 5.84. The first-order valence-electron chi connectivity index (χ1n) is 5.70. The molecule has 0 saturated carbocycles. The van der Waals surface area contributed by atoms with E-state index in [0.29, 0.717) is 20.6 Å². The van der Waals surface area contributed by atoms with Gasteiger partial charge in [-0.3, -0.25) is 0 Å². The van der Waals surface area contributed by atoms with Crippen molar-refractivity contribution in [2.75, 3.05) is 7.05 Å². The van der Waals surface area contributed by atoms with E-state index in [0.717, 1.165) is 0 Å². The van der Waals surface area contributed by atoms with E-state index in [1.165, 1.54) is 30.3 Å². The van der Waals surface area contributed by atoms with E-state index in [2.05, 4.69) is 21.2 Å². The fourth-order valence-corrected chi connectivity index (χ4v) is 2.74. The van der Waals surface area contributed by atoms with Crippen LogP contribution in [0.3, 0.4) is 0 Å². The molecule has 0 fully saturated rings. The lowest BCUT2D eigenvalue weighted by Gasteiger charge is -2.20. The van der Waals surface area contributed by atoms with E-state index in [4.69, 9.17) is 23.2 Å². The van der Waals surface area contributed by atoms with Crippen LogP contribution >= 0.6 is 39.1 Å². The van der Waals surface area contributed by atoms with Gasteiger partial charge in [0.2, 0.25) is 0 Å². The summed E-state index contributed by atoms with van der Waals surface area (Å²) in [5, 5.41) is 3.58. The molecule has 0 aliphatic rings. The Morgan fingerprint density at radius 1 is 1.05 bits per heavy atom. The summed E-state index contributed by atoms with van der Waals surface area (Å²) in [4.78, 5) is 0. The van der Waals surface area contributed by atoms with Crippen LogP contribution in [0.5, 0.6) is 0 Å². The van der Waals surface area contributed by atoms with Crippen molar-refractivity contribution in [2.24, 2.45) is 0 Å². The highest BCUT2D eigenvalue weighted by Gasteiger charge is 2.20. The fourth-order valence-electron chi connectivity index (χ4n) is 1.97. The average Bonchev–Trinajstić information content (AvgIpc) is 2.38. The highest BCUT2D eigenvalue weighted by molar-refractivity contribution is 9.10. The van der Waals surface area contributed by atoms with Crippen LogP contribution in [0, 0.1) is 11.6 Å². The standard InChI is InChI=1S/C14H10BrCl2F2N/c1-20-14(8-3-2-7(18)4-11(8)16)9-5-12(17)10(15)6-13(9)19/h2-6,14,20H,1H3. The Labute approximate surface area is 134 Å². The zero-order chi connectivity index (χ0) is 14.9. The molecule has 1 nitrogen and oxygen atoms in total. The first kappa shape index (κ1) is 15.7. The summed E-state index contributed by atoms with van der Waals surface area (Å²) in [6, 6.07) is 6.28. The Hall–Kier alpha value is -0.680. The molecule has 0 heterocycles. The van der Waals surface area contributed by atoms with Gasteiger partial charge in [-0.25, -0.2) is 8.78 Å². The topological polar surface area (TPSA) is 12.0 Å². The SMILES string of the molecule is CNC(c1cc(Cl)c(Br)cc1F)c1ccc(F)cc1Cl. The van der Waals surface area contributed by atoms with Crippen LogP contribution in [0.2, 0.25) is 10.0 Å². The number of rotatable bonds is 3. The van der Waals surface area contributed by atoms with Crippen molar-refractivity contribution in [1.82, 2.24) is 5.32 Å². The maximum absolute atomic E-state index is 14.1. The Morgan fingerprint density at radius 3 is 2.35 bits per heavy atom. The number of hydrogen-bond acceptors (Lipinski definition) is 1. The van der Waals surface area contributed by atoms with Gasteiger partial charge in [0.1, 0.15) is 11.6 Å². The van der Waals surface area contributed by atoms with Gasteiger partial charge in [0.05, 0.1) is 11.1 Å². The van der Waals surface area contributed by atoms with Crippen LogP contribution in [-0.4, -0.2) is 7.05 Å². The Bertz CT molecular complexity index is 649. The zero-order valence-electron chi connectivity index (χ0n) is 10.4. The molecule has 0 amide bonds. The van der Waals surface area contributed by atoms with Crippen LogP contribution in [0.25, 0.3) is 0 Å². The van der Waals surface area contributed by atoms with E-state index in [9.17, 15) is 8.78 Å². The molecule has 0 aliphatic carbocycles. The monoisotopic (exact) mass is 379 g/mol. The van der Waals surface area contributed by atoms with Gasteiger partial charge in [-0.1, -0.05) is 29.3 Å². The van der Waals surface area contributed by atoms with Crippen molar-refractivity contribution < 1.29 is 8.78 Å². The second kappa shape index (κ2) is 6.39. The lowest BCUT2D eigenvalue weighted by atomic mass is 9.98. The minimum absolute atomic E-state index is 0.225. The van der Waals surface area contributed by atoms with Crippen molar-refractivity contribution in [2.45, 2.75) is 6.04 Å². The molecule has 0 spiro atoms. The van der Waals surface area contributed by atoms with E-state index >= 15 is 0 Å². The predicted octanol–water partition coefficient (Wildman–Crippen LogP) is 5.34. The smallest absolute Gasteiger partial charge is 0.129 e. The van der Waals surface area contributed by atoms with Gasteiger partial charge < -0.3 is 5.32 Å². The number of benzene rings is 2. The summed E-state index contributed by atoms with van der Waals surface area (Å²) >= 11 is 15.2. The predicted molar refractivity (Wildman–Crippen MR) is 81.4 cm³/mol. The highest BCUT2D eigenvalue weighted by atomic mass is 79.9. The van der Waals surface area contributed by atoms with Gasteiger partial charge in [-0.05, 0) is 52.8 Å². The Kier molecular flexibility index (Phi) is 5.02. The number of halogens is 5. The molecule has 6 heteroatoms.